The van der Waals surface area contributed by atoms with E-state index >= 15 is 0 Å². The average molecular weight is 465 g/mol. The number of rotatable bonds is 11. The largest absolute Gasteiger partial charge is 0.497 e. The summed E-state index contributed by atoms with van der Waals surface area (Å²) in [7, 11) is 3.14. The van der Waals surface area contributed by atoms with Crippen molar-refractivity contribution in [3.8, 4) is 34.3 Å². The monoisotopic (exact) mass is 464 g/mol. The molecule has 9 nitrogen and oxygen atoms in total. The Labute approximate surface area is 198 Å². The van der Waals surface area contributed by atoms with Crippen LogP contribution in [0, 0.1) is 0 Å². The fourth-order valence-corrected chi connectivity index (χ4v) is 3.06. The molecule has 1 N–H and O–H groups in total. The van der Waals surface area contributed by atoms with Crippen LogP contribution in [0.2, 0.25) is 0 Å². The Morgan fingerprint density at radius 3 is 2.56 bits per heavy atom. The highest BCUT2D eigenvalue weighted by molar-refractivity contribution is 5.93. The van der Waals surface area contributed by atoms with Crippen LogP contribution >= 0.6 is 0 Å². The second-order valence-electron chi connectivity index (χ2n) is 7.07. The van der Waals surface area contributed by atoms with Gasteiger partial charge in [-0.2, -0.15) is 5.10 Å². The Bertz CT molecular complexity index is 1150. The van der Waals surface area contributed by atoms with Crippen LogP contribution in [0.4, 0.5) is 0 Å². The van der Waals surface area contributed by atoms with Crippen molar-refractivity contribution in [2.24, 2.45) is 5.10 Å². The number of aromatic nitrogens is 2. The fraction of sp³-hybridized carbons (Fsp3) is 0.280. The molecule has 3 aromatic rings. The number of carbonyl (C=O) groups excluding carboxylic acids is 1. The van der Waals surface area contributed by atoms with Gasteiger partial charge in [-0.05, 0) is 37.6 Å². The van der Waals surface area contributed by atoms with Crippen LogP contribution in [0.5, 0.6) is 23.0 Å². The molecule has 0 aliphatic rings. The van der Waals surface area contributed by atoms with E-state index in [1.165, 1.54) is 12.4 Å². The van der Waals surface area contributed by atoms with Crippen molar-refractivity contribution in [2.75, 3.05) is 27.4 Å². The molecule has 0 saturated heterocycles. The highest BCUT2D eigenvalue weighted by Gasteiger charge is 2.13. The van der Waals surface area contributed by atoms with E-state index in [1.54, 1.807) is 38.6 Å². The predicted molar refractivity (Wildman–Crippen MR) is 129 cm³/mol. The lowest BCUT2D eigenvalue weighted by molar-refractivity contribution is 0.0950. The lowest BCUT2D eigenvalue weighted by atomic mass is 10.1. The standard InChI is InChI=1S/C25H28N4O5/c1-5-9-34-20-11-17(10-19(12-20)31-3)14-27-29-25(30)23-16-26-15-22(28-23)21-8-7-18(33-6-2)13-24(21)32-4/h7-8,10-16H,5-6,9H2,1-4H3,(H,29,30). The molecule has 0 spiro atoms. The second kappa shape index (κ2) is 12.2. The van der Waals surface area contributed by atoms with Crippen molar-refractivity contribution < 1.29 is 23.7 Å². The van der Waals surface area contributed by atoms with Crippen molar-refractivity contribution in [1.29, 1.82) is 0 Å². The van der Waals surface area contributed by atoms with Gasteiger partial charge in [0.15, 0.2) is 0 Å². The summed E-state index contributed by atoms with van der Waals surface area (Å²) < 4.78 is 21.9. The molecule has 1 amide bonds. The van der Waals surface area contributed by atoms with Gasteiger partial charge in [0, 0.05) is 23.3 Å². The van der Waals surface area contributed by atoms with Crippen molar-refractivity contribution >= 4 is 12.1 Å². The van der Waals surface area contributed by atoms with E-state index in [-0.39, 0.29) is 5.69 Å². The van der Waals surface area contributed by atoms with Crippen LogP contribution in [0.1, 0.15) is 36.3 Å². The summed E-state index contributed by atoms with van der Waals surface area (Å²) in [5.74, 6) is 2.04. The molecule has 3 rings (SSSR count). The van der Waals surface area contributed by atoms with E-state index < -0.39 is 5.91 Å². The first kappa shape index (κ1) is 24.5. The molecule has 0 bridgehead atoms. The van der Waals surface area contributed by atoms with Gasteiger partial charge in [-0.15, -0.1) is 0 Å². The van der Waals surface area contributed by atoms with Crippen LogP contribution in [-0.4, -0.2) is 49.5 Å². The number of benzene rings is 2. The van der Waals surface area contributed by atoms with Crippen molar-refractivity contribution in [1.82, 2.24) is 15.4 Å². The molecular weight excluding hydrogens is 436 g/mol. The number of nitrogens with zero attached hydrogens (tertiary/aromatic N) is 3. The Kier molecular flexibility index (Phi) is 8.79. The highest BCUT2D eigenvalue weighted by Crippen LogP contribution is 2.32. The average Bonchev–Trinajstić information content (AvgIpc) is 2.87. The number of ether oxygens (including phenoxy) is 4. The Morgan fingerprint density at radius 2 is 1.82 bits per heavy atom. The van der Waals surface area contributed by atoms with E-state index in [1.807, 2.05) is 32.0 Å². The van der Waals surface area contributed by atoms with E-state index in [2.05, 4.69) is 20.5 Å². The molecule has 1 aromatic heterocycles. The molecule has 0 radical (unpaired) electrons. The number of hydrogen-bond donors (Lipinski definition) is 1. The first-order valence-electron chi connectivity index (χ1n) is 10.9. The Balaban J connectivity index is 1.75. The summed E-state index contributed by atoms with van der Waals surface area (Å²) in [5.41, 5.74) is 4.48. The van der Waals surface area contributed by atoms with E-state index in [0.717, 1.165) is 6.42 Å². The predicted octanol–water partition coefficient (Wildman–Crippen LogP) is 4.11. The second-order valence-corrected chi connectivity index (χ2v) is 7.07. The molecule has 178 valence electrons. The molecule has 0 aliphatic carbocycles. The van der Waals surface area contributed by atoms with Gasteiger partial charge in [0.1, 0.15) is 28.7 Å². The number of hydrogen-bond acceptors (Lipinski definition) is 8. The van der Waals surface area contributed by atoms with Gasteiger partial charge in [-0.3, -0.25) is 9.78 Å². The zero-order valence-corrected chi connectivity index (χ0v) is 19.7. The van der Waals surface area contributed by atoms with Gasteiger partial charge in [0.05, 0.1) is 51.7 Å². The molecule has 0 unspecified atom stereocenters. The summed E-state index contributed by atoms with van der Waals surface area (Å²) in [4.78, 5) is 21.2. The van der Waals surface area contributed by atoms with Gasteiger partial charge >= 0.3 is 0 Å². The Morgan fingerprint density at radius 1 is 1.00 bits per heavy atom. The number of amides is 1. The number of nitrogens with one attached hydrogen (secondary N) is 1. The van der Waals surface area contributed by atoms with Crippen molar-refractivity contribution in [3.63, 3.8) is 0 Å². The van der Waals surface area contributed by atoms with E-state index in [4.69, 9.17) is 18.9 Å². The molecule has 34 heavy (non-hydrogen) atoms. The van der Waals surface area contributed by atoms with Crippen LogP contribution in [-0.2, 0) is 0 Å². The zero-order chi connectivity index (χ0) is 24.3. The number of hydrazone groups is 1. The molecular formula is C25H28N4O5. The SMILES string of the molecule is CCCOc1cc(C=NNC(=O)c2cncc(-c3ccc(OCC)cc3OC)n2)cc(OC)c1. The lowest BCUT2D eigenvalue weighted by Crippen LogP contribution is -2.19. The first-order chi connectivity index (χ1) is 16.6. The molecule has 0 aliphatic heterocycles. The van der Waals surface area contributed by atoms with Crippen molar-refractivity contribution in [2.45, 2.75) is 20.3 Å². The number of methoxy groups -OCH3 is 2. The summed E-state index contributed by atoms with van der Waals surface area (Å²) >= 11 is 0. The Hall–Kier alpha value is -4.14. The zero-order valence-electron chi connectivity index (χ0n) is 19.7. The van der Waals surface area contributed by atoms with Crippen LogP contribution in [0.25, 0.3) is 11.3 Å². The molecule has 0 saturated carbocycles. The normalized spacial score (nSPS) is 10.7. The van der Waals surface area contributed by atoms with Crippen LogP contribution in [0.15, 0.2) is 53.9 Å². The highest BCUT2D eigenvalue weighted by atomic mass is 16.5. The molecule has 2 aromatic carbocycles. The van der Waals surface area contributed by atoms with Gasteiger partial charge in [-0.25, -0.2) is 10.4 Å². The van der Waals surface area contributed by atoms with Gasteiger partial charge < -0.3 is 18.9 Å². The summed E-state index contributed by atoms with van der Waals surface area (Å²) in [6.07, 6.45) is 5.33. The summed E-state index contributed by atoms with van der Waals surface area (Å²) in [5, 5.41) is 4.04. The maximum atomic E-state index is 12.6. The summed E-state index contributed by atoms with van der Waals surface area (Å²) in [6.45, 7) is 5.07. The third-order valence-corrected chi connectivity index (χ3v) is 4.62. The smallest absolute Gasteiger partial charge is 0.291 e. The first-order valence-corrected chi connectivity index (χ1v) is 10.9. The topological polar surface area (TPSA) is 104 Å². The number of carbonyl (C=O) groups is 1. The van der Waals surface area contributed by atoms with Crippen molar-refractivity contribution in [3.05, 3.63) is 60.0 Å². The molecule has 0 fully saturated rings. The van der Waals surface area contributed by atoms with E-state index in [9.17, 15) is 4.79 Å². The minimum absolute atomic E-state index is 0.114. The molecule has 0 atom stereocenters. The lowest BCUT2D eigenvalue weighted by Gasteiger charge is -2.11. The fourth-order valence-electron chi connectivity index (χ4n) is 3.06. The molecule has 9 heteroatoms. The van der Waals surface area contributed by atoms with Crippen LogP contribution < -0.4 is 24.4 Å². The summed E-state index contributed by atoms with van der Waals surface area (Å²) in [6, 6.07) is 10.8. The third kappa shape index (κ3) is 6.44. The van der Waals surface area contributed by atoms with Gasteiger partial charge in [0.2, 0.25) is 0 Å². The molecule has 1 heterocycles. The van der Waals surface area contributed by atoms with Gasteiger partial charge in [-0.1, -0.05) is 6.92 Å². The quantitative estimate of drug-likeness (QED) is 0.336. The minimum Gasteiger partial charge on any atom is -0.497 e. The minimum atomic E-state index is -0.499. The van der Waals surface area contributed by atoms with Gasteiger partial charge in [0.25, 0.3) is 5.91 Å². The maximum absolute atomic E-state index is 12.6. The third-order valence-electron chi connectivity index (χ3n) is 4.62. The maximum Gasteiger partial charge on any atom is 0.291 e. The van der Waals surface area contributed by atoms with Crippen LogP contribution in [0.3, 0.4) is 0 Å². The van der Waals surface area contributed by atoms with E-state index in [0.29, 0.717) is 53.0 Å².